The van der Waals surface area contributed by atoms with Gasteiger partial charge in [-0.25, -0.2) is 9.37 Å². The van der Waals surface area contributed by atoms with Crippen LogP contribution in [0.15, 0.2) is 30.3 Å². The van der Waals surface area contributed by atoms with Crippen LogP contribution in [0, 0.1) is 18.7 Å². The van der Waals surface area contributed by atoms with Gasteiger partial charge in [0.2, 0.25) is 5.82 Å². The summed E-state index contributed by atoms with van der Waals surface area (Å²) < 4.78 is 18.6. The first kappa shape index (κ1) is 25.6. The molecule has 1 aliphatic carbocycles. The first-order valence-electron chi connectivity index (χ1n) is 12.1. The molecule has 1 saturated carbocycles. The Labute approximate surface area is 209 Å². The number of carbonyl (C=O) groups excluding carboxylic acids is 1. The van der Waals surface area contributed by atoms with Crippen LogP contribution in [0.5, 0.6) is 5.75 Å². The van der Waals surface area contributed by atoms with Gasteiger partial charge in [-0.2, -0.15) is 4.80 Å². The quantitative estimate of drug-likeness (QED) is 0.385. The van der Waals surface area contributed by atoms with Crippen molar-refractivity contribution in [2.24, 2.45) is 5.92 Å². The van der Waals surface area contributed by atoms with Crippen LogP contribution >= 0.6 is 0 Å². The van der Waals surface area contributed by atoms with Crippen molar-refractivity contribution < 1.29 is 19.0 Å². The number of amides is 1. The number of hydrogen-bond acceptors (Lipinski definition) is 8. The molecule has 0 saturated heterocycles. The number of methoxy groups -OCH3 is 1. The standard InChI is InChI=1S/C25H32FN7O3/c1-15-10-19(12-22(28-15)25(35)27-13-18-6-9-21(26)23(11-18)36-3)24-30-32-33(31-24)14-17-4-7-20(8-5-17)29-16(2)34/h6,9-12,16-17,20,29,34H,4-5,7-8,13-14H2,1-3H3,(H,27,35). The lowest BCUT2D eigenvalue weighted by Crippen LogP contribution is -2.39. The molecule has 1 unspecified atom stereocenters. The minimum Gasteiger partial charge on any atom is -0.494 e. The molecule has 4 rings (SSSR count). The van der Waals surface area contributed by atoms with Crippen LogP contribution < -0.4 is 15.4 Å². The lowest BCUT2D eigenvalue weighted by Gasteiger charge is -2.29. The fraction of sp³-hybridized carbons (Fsp3) is 0.480. The molecule has 192 valence electrons. The van der Waals surface area contributed by atoms with Crippen molar-refractivity contribution >= 4 is 5.91 Å². The van der Waals surface area contributed by atoms with Crippen molar-refractivity contribution in [1.29, 1.82) is 0 Å². The average molecular weight is 498 g/mol. The van der Waals surface area contributed by atoms with Crippen molar-refractivity contribution in [3.63, 3.8) is 0 Å². The van der Waals surface area contributed by atoms with E-state index in [0.717, 1.165) is 25.7 Å². The van der Waals surface area contributed by atoms with E-state index in [1.807, 2.05) is 6.07 Å². The number of nitrogens with one attached hydrogen (secondary N) is 2. The van der Waals surface area contributed by atoms with E-state index in [1.54, 1.807) is 36.8 Å². The Kier molecular flexibility index (Phi) is 8.21. The number of halogens is 1. The molecule has 0 aliphatic heterocycles. The summed E-state index contributed by atoms with van der Waals surface area (Å²) in [5.41, 5.74) is 2.25. The van der Waals surface area contributed by atoms with Gasteiger partial charge in [0.05, 0.1) is 13.7 Å². The van der Waals surface area contributed by atoms with E-state index in [4.69, 9.17) is 4.74 Å². The minimum atomic E-state index is -0.492. The predicted molar refractivity (Wildman–Crippen MR) is 130 cm³/mol. The second-order valence-electron chi connectivity index (χ2n) is 9.26. The summed E-state index contributed by atoms with van der Waals surface area (Å²) in [7, 11) is 1.39. The van der Waals surface area contributed by atoms with E-state index in [9.17, 15) is 14.3 Å². The highest BCUT2D eigenvalue weighted by Gasteiger charge is 2.23. The Balaban J connectivity index is 1.38. The maximum atomic E-state index is 13.6. The largest absolute Gasteiger partial charge is 0.494 e. The Hall–Kier alpha value is -3.44. The predicted octanol–water partition coefficient (Wildman–Crippen LogP) is 2.61. The lowest BCUT2D eigenvalue weighted by molar-refractivity contribution is 0.0945. The van der Waals surface area contributed by atoms with Crippen LogP contribution in [0.25, 0.3) is 11.4 Å². The molecule has 1 amide bonds. The van der Waals surface area contributed by atoms with E-state index in [0.29, 0.717) is 41.1 Å². The molecule has 1 fully saturated rings. The third kappa shape index (κ3) is 6.61. The fourth-order valence-electron chi connectivity index (χ4n) is 4.52. The molecule has 1 aliphatic rings. The van der Waals surface area contributed by atoms with Crippen LogP contribution in [-0.2, 0) is 13.1 Å². The number of hydrogen-bond donors (Lipinski definition) is 3. The highest BCUT2D eigenvalue weighted by molar-refractivity contribution is 5.93. The molecule has 2 aromatic heterocycles. The second kappa shape index (κ2) is 11.5. The number of rotatable bonds is 9. The monoisotopic (exact) mass is 497 g/mol. The number of tetrazole rings is 1. The topological polar surface area (TPSA) is 127 Å². The number of ether oxygens (including phenoxy) is 1. The Bertz CT molecular complexity index is 1190. The van der Waals surface area contributed by atoms with Crippen LogP contribution in [0.2, 0.25) is 0 Å². The maximum Gasteiger partial charge on any atom is 0.270 e. The molecule has 3 N–H and O–H groups in total. The smallest absolute Gasteiger partial charge is 0.270 e. The molecule has 3 aromatic rings. The summed E-state index contributed by atoms with van der Waals surface area (Å²) in [4.78, 5) is 18.7. The van der Waals surface area contributed by atoms with Crippen LogP contribution in [0.1, 0.15) is 54.4 Å². The first-order valence-corrected chi connectivity index (χ1v) is 12.1. The number of aliphatic hydroxyl groups is 1. The van der Waals surface area contributed by atoms with Gasteiger partial charge in [-0.1, -0.05) is 6.07 Å². The molecule has 11 heteroatoms. The molecule has 1 aromatic carbocycles. The lowest BCUT2D eigenvalue weighted by atomic mass is 9.86. The molecule has 0 radical (unpaired) electrons. The van der Waals surface area contributed by atoms with Crippen molar-refractivity contribution in [1.82, 2.24) is 35.8 Å². The summed E-state index contributed by atoms with van der Waals surface area (Å²) in [6, 6.07) is 8.23. The zero-order valence-corrected chi connectivity index (χ0v) is 20.7. The van der Waals surface area contributed by atoms with E-state index in [-0.39, 0.29) is 23.9 Å². The minimum absolute atomic E-state index is 0.122. The molecular weight excluding hydrogens is 465 g/mol. The highest BCUT2D eigenvalue weighted by Crippen LogP contribution is 2.26. The van der Waals surface area contributed by atoms with Crippen molar-refractivity contribution in [3.8, 4) is 17.1 Å². The van der Waals surface area contributed by atoms with E-state index < -0.39 is 12.0 Å². The third-order valence-corrected chi connectivity index (χ3v) is 6.31. The van der Waals surface area contributed by atoms with Crippen LogP contribution in [0.4, 0.5) is 4.39 Å². The number of benzene rings is 1. The summed E-state index contributed by atoms with van der Waals surface area (Å²) in [5, 5.41) is 28.4. The molecule has 2 heterocycles. The molecule has 0 spiro atoms. The van der Waals surface area contributed by atoms with Gasteiger partial charge in [-0.3, -0.25) is 10.1 Å². The van der Waals surface area contributed by atoms with Crippen LogP contribution in [0.3, 0.4) is 0 Å². The normalized spacial score (nSPS) is 18.6. The Morgan fingerprint density at radius 3 is 2.75 bits per heavy atom. The van der Waals surface area contributed by atoms with Crippen molar-refractivity contribution in [3.05, 3.63) is 53.1 Å². The number of carbonyl (C=O) groups is 1. The Morgan fingerprint density at radius 1 is 1.25 bits per heavy atom. The van der Waals surface area contributed by atoms with Gasteiger partial charge in [0.1, 0.15) is 11.9 Å². The Morgan fingerprint density at radius 2 is 2.03 bits per heavy atom. The average Bonchev–Trinajstić information content (AvgIpc) is 3.32. The zero-order valence-electron chi connectivity index (χ0n) is 20.7. The zero-order chi connectivity index (χ0) is 25.7. The van der Waals surface area contributed by atoms with Crippen molar-refractivity contribution in [2.45, 2.75) is 64.9 Å². The molecule has 36 heavy (non-hydrogen) atoms. The number of nitrogens with zero attached hydrogens (tertiary/aromatic N) is 5. The van der Waals surface area contributed by atoms with Gasteiger partial charge in [0.15, 0.2) is 11.6 Å². The second-order valence-corrected chi connectivity index (χ2v) is 9.26. The number of aromatic nitrogens is 5. The molecular formula is C25H32FN7O3. The van der Waals surface area contributed by atoms with Gasteiger partial charge in [0.25, 0.3) is 5.91 Å². The summed E-state index contributed by atoms with van der Waals surface area (Å²) in [6.45, 7) is 4.41. The van der Waals surface area contributed by atoms with Gasteiger partial charge in [-0.15, -0.1) is 10.2 Å². The van der Waals surface area contributed by atoms with E-state index in [2.05, 4.69) is 31.0 Å². The summed E-state index contributed by atoms with van der Waals surface area (Å²) in [6.07, 6.45) is 3.57. The van der Waals surface area contributed by atoms with E-state index in [1.165, 1.54) is 13.2 Å². The van der Waals surface area contributed by atoms with Gasteiger partial charge >= 0.3 is 0 Å². The molecule has 10 nitrogen and oxygen atoms in total. The van der Waals surface area contributed by atoms with Gasteiger partial charge in [0, 0.05) is 23.8 Å². The fourth-order valence-corrected chi connectivity index (χ4v) is 4.52. The first-order chi connectivity index (χ1) is 17.3. The molecule has 1 atom stereocenters. The SMILES string of the molecule is COc1cc(CNC(=O)c2cc(-c3nnn(CC4CCC(NC(C)O)CC4)n3)cc(C)n2)ccc1F. The highest BCUT2D eigenvalue weighted by atomic mass is 19.1. The van der Waals surface area contributed by atoms with Gasteiger partial charge < -0.3 is 15.2 Å². The summed E-state index contributed by atoms with van der Waals surface area (Å²) in [5.74, 6) is 0.181. The van der Waals surface area contributed by atoms with E-state index >= 15 is 0 Å². The number of aliphatic hydroxyl groups excluding tert-OH is 1. The number of aryl methyl sites for hydroxylation is 1. The van der Waals surface area contributed by atoms with Crippen LogP contribution in [-0.4, -0.2) is 55.6 Å². The van der Waals surface area contributed by atoms with Gasteiger partial charge in [-0.05, 0) is 80.5 Å². The summed E-state index contributed by atoms with van der Waals surface area (Å²) >= 11 is 0. The maximum absolute atomic E-state index is 13.6. The molecule has 0 bridgehead atoms. The third-order valence-electron chi connectivity index (χ3n) is 6.31. The van der Waals surface area contributed by atoms with Crippen molar-refractivity contribution in [2.75, 3.05) is 7.11 Å². The number of pyridine rings is 1.